The zero-order valence-corrected chi connectivity index (χ0v) is 12.1. The standard InChI is InChI=1S/C14H9F5O2.CH4O/c1-20-11-5-3-8(12(16)13(11)17)7-2-4-10(9(15)6-7)21-14(18)19;1-2/h2-6,14H,1H3;2H,1H3/i;2D. The van der Waals surface area contributed by atoms with E-state index in [4.69, 9.17) is 1.43 Å². The molecule has 2 aromatic rings. The number of hydrogen-bond acceptors (Lipinski definition) is 3. The quantitative estimate of drug-likeness (QED) is 0.858. The number of ether oxygens (including phenoxy) is 2. The number of methoxy groups -OCH3 is 1. The molecule has 0 spiro atoms. The van der Waals surface area contributed by atoms with Gasteiger partial charge in [0.1, 0.15) is 0 Å². The average Bonchev–Trinajstić information content (AvgIpc) is 2.52. The Labute approximate surface area is 130 Å². The molecule has 126 valence electrons. The molecule has 8 heteroatoms. The molecule has 3 nitrogen and oxygen atoms in total. The minimum atomic E-state index is -3.18. The first-order chi connectivity index (χ1) is 11.3. The van der Waals surface area contributed by atoms with Crippen LogP contribution >= 0.6 is 0 Å². The lowest BCUT2D eigenvalue weighted by Crippen LogP contribution is -2.03. The molecule has 2 aromatic carbocycles. The van der Waals surface area contributed by atoms with E-state index in [9.17, 15) is 22.0 Å². The predicted molar refractivity (Wildman–Crippen MR) is 73.1 cm³/mol. The van der Waals surface area contributed by atoms with Crippen molar-refractivity contribution in [2.75, 3.05) is 14.2 Å². The summed E-state index contributed by atoms with van der Waals surface area (Å²) in [5, 5.41) is 3.50. The van der Waals surface area contributed by atoms with E-state index in [1.807, 2.05) is 0 Å². The molecule has 0 bridgehead atoms. The first-order valence-electron chi connectivity index (χ1n) is 6.52. The minimum Gasteiger partial charge on any atom is -0.494 e. The lowest BCUT2D eigenvalue weighted by atomic mass is 10.0. The van der Waals surface area contributed by atoms with Crippen molar-refractivity contribution in [2.24, 2.45) is 0 Å². The third kappa shape index (κ3) is 4.32. The number of halogens is 5. The van der Waals surface area contributed by atoms with Crippen LogP contribution in [-0.4, -0.2) is 27.4 Å². The molecule has 0 unspecified atom stereocenters. The van der Waals surface area contributed by atoms with E-state index in [-0.39, 0.29) is 16.9 Å². The summed E-state index contributed by atoms with van der Waals surface area (Å²) in [6, 6.07) is 5.21. The lowest BCUT2D eigenvalue weighted by molar-refractivity contribution is -0.0521. The van der Waals surface area contributed by atoms with Crippen LogP contribution in [-0.2, 0) is 0 Å². The minimum absolute atomic E-state index is 0.0202. The number of aliphatic hydroxyl groups excluding tert-OH is 1. The maximum Gasteiger partial charge on any atom is 0.387 e. The normalized spacial score (nSPS) is 10.7. The summed E-state index contributed by atoms with van der Waals surface area (Å²) in [4.78, 5) is 0. The van der Waals surface area contributed by atoms with E-state index < -0.39 is 29.8 Å². The fourth-order valence-corrected chi connectivity index (χ4v) is 1.77. The Morgan fingerprint density at radius 1 is 1.04 bits per heavy atom. The Morgan fingerprint density at radius 3 is 2.17 bits per heavy atom. The van der Waals surface area contributed by atoms with Crippen LogP contribution in [0.25, 0.3) is 11.1 Å². The fourth-order valence-electron chi connectivity index (χ4n) is 1.77. The Kier molecular flexibility index (Phi) is 6.16. The first-order valence-corrected chi connectivity index (χ1v) is 6.11. The van der Waals surface area contributed by atoms with Crippen LogP contribution in [0.4, 0.5) is 22.0 Å². The summed E-state index contributed by atoms with van der Waals surface area (Å²) < 4.78 is 79.3. The Bertz CT molecular complexity index is 682. The van der Waals surface area contributed by atoms with E-state index in [1.54, 1.807) is 0 Å². The largest absolute Gasteiger partial charge is 0.494 e. The molecule has 0 aliphatic rings. The van der Waals surface area contributed by atoms with Crippen LogP contribution in [0.2, 0.25) is 0 Å². The monoisotopic (exact) mass is 337 g/mol. The highest BCUT2D eigenvalue weighted by molar-refractivity contribution is 5.66. The molecule has 0 aliphatic carbocycles. The van der Waals surface area contributed by atoms with Crippen molar-refractivity contribution < 1.29 is 36.5 Å². The summed E-state index contributed by atoms with van der Waals surface area (Å²) in [6.07, 6.45) is 0. The Hall–Kier alpha value is -2.35. The molecule has 2 rings (SSSR count). The third-order valence-corrected chi connectivity index (χ3v) is 2.73. The molecular weight excluding hydrogens is 323 g/mol. The zero-order valence-electron chi connectivity index (χ0n) is 13.1. The van der Waals surface area contributed by atoms with Gasteiger partial charge in [0.15, 0.2) is 23.1 Å². The van der Waals surface area contributed by atoms with Gasteiger partial charge >= 0.3 is 6.61 Å². The van der Waals surface area contributed by atoms with Gasteiger partial charge in [-0.25, -0.2) is 8.78 Å². The van der Waals surface area contributed by atoms with Crippen LogP contribution < -0.4 is 9.47 Å². The molecule has 0 fully saturated rings. The topological polar surface area (TPSA) is 38.7 Å². The number of rotatable bonds is 4. The van der Waals surface area contributed by atoms with Gasteiger partial charge in [0.05, 0.1) is 7.11 Å². The highest BCUT2D eigenvalue weighted by Gasteiger charge is 2.17. The van der Waals surface area contributed by atoms with Crippen molar-refractivity contribution in [2.45, 2.75) is 6.61 Å². The fraction of sp³-hybridized carbons (Fsp3) is 0.200. The second-order valence-electron chi connectivity index (χ2n) is 3.97. The van der Waals surface area contributed by atoms with Crippen molar-refractivity contribution >= 4 is 0 Å². The Balaban J connectivity index is 0.000000891. The van der Waals surface area contributed by atoms with Gasteiger partial charge in [0, 0.05) is 12.7 Å². The highest BCUT2D eigenvalue weighted by atomic mass is 19.3. The van der Waals surface area contributed by atoms with Gasteiger partial charge in [-0.15, -0.1) is 0 Å². The van der Waals surface area contributed by atoms with E-state index in [0.717, 1.165) is 18.2 Å². The summed E-state index contributed by atoms with van der Waals surface area (Å²) in [5.74, 6) is -4.53. The van der Waals surface area contributed by atoms with Gasteiger partial charge in [0.25, 0.3) is 0 Å². The summed E-state index contributed by atoms with van der Waals surface area (Å²) in [7, 11) is 2.47. The Morgan fingerprint density at radius 2 is 1.65 bits per heavy atom. The molecule has 0 aliphatic heterocycles. The van der Waals surface area contributed by atoms with Crippen LogP contribution in [0.1, 0.15) is 0 Å². The molecule has 0 aromatic heterocycles. The van der Waals surface area contributed by atoms with Gasteiger partial charge in [-0.05, 0) is 29.8 Å². The predicted octanol–water partition coefficient (Wildman–Crippen LogP) is 3.99. The zero-order chi connectivity index (χ0) is 18.3. The first kappa shape index (κ1) is 17.0. The molecule has 23 heavy (non-hydrogen) atoms. The van der Waals surface area contributed by atoms with Crippen molar-refractivity contribution in [1.82, 2.24) is 0 Å². The van der Waals surface area contributed by atoms with E-state index >= 15 is 0 Å². The molecule has 0 saturated carbocycles. The molecular formula is C15H13F5O3. The van der Waals surface area contributed by atoms with Gasteiger partial charge in [-0.2, -0.15) is 13.2 Å². The molecule has 1 N–H and O–H groups in total. The van der Waals surface area contributed by atoms with Gasteiger partial charge in [-0.1, -0.05) is 6.07 Å². The van der Waals surface area contributed by atoms with Crippen LogP contribution in [0.3, 0.4) is 0 Å². The highest BCUT2D eigenvalue weighted by Crippen LogP contribution is 2.32. The van der Waals surface area contributed by atoms with Gasteiger partial charge in [-0.3, -0.25) is 0 Å². The third-order valence-electron chi connectivity index (χ3n) is 2.73. The summed E-state index contributed by atoms with van der Waals surface area (Å²) >= 11 is 0. The number of benzene rings is 2. The second-order valence-corrected chi connectivity index (χ2v) is 3.97. The SMILES string of the molecule is COc1ccc(-c2ccc(OC(F)F)c(F)c2)c(F)c1F.[2H]OC. The maximum atomic E-state index is 13.8. The van der Waals surface area contributed by atoms with Crippen molar-refractivity contribution in [3.63, 3.8) is 0 Å². The molecule has 0 amide bonds. The number of aliphatic hydroxyl groups is 1. The second kappa shape index (κ2) is 8.33. The number of alkyl halides is 2. The van der Waals surface area contributed by atoms with Crippen molar-refractivity contribution in [3.05, 3.63) is 47.8 Å². The maximum absolute atomic E-state index is 13.8. The van der Waals surface area contributed by atoms with E-state index in [1.165, 1.54) is 26.4 Å². The molecule has 0 saturated heterocycles. The van der Waals surface area contributed by atoms with E-state index in [2.05, 4.69) is 14.6 Å². The molecule has 0 atom stereocenters. The van der Waals surface area contributed by atoms with Crippen LogP contribution in [0, 0.1) is 17.5 Å². The van der Waals surface area contributed by atoms with Gasteiger partial charge in [0.2, 0.25) is 7.25 Å². The number of hydrogen-bond donors (Lipinski definition) is 1. The van der Waals surface area contributed by atoms with Crippen molar-refractivity contribution in [1.29, 1.82) is 1.43 Å². The van der Waals surface area contributed by atoms with Crippen LogP contribution in [0.5, 0.6) is 11.5 Å². The summed E-state index contributed by atoms with van der Waals surface area (Å²) in [5.41, 5.74) is -0.246. The van der Waals surface area contributed by atoms with Crippen molar-refractivity contribution in [3.8, 4) is 22.6 Å². The smallest absolute Gasteiger partial charge is 0.387 e. The van der Waals surface area contributed by atoms with Gasteiger partial charge < -0.3 is 14.6 Å². The average molecular weight is 337 g/mol. The molecule has 0 heterocycles. The lowest BCUT2D eigenvalue weighted by Gasteiger charge is -2.10. The van der Waals surface area contributed by atoms with E-state index in [0.29, 0.717) is 0 Å². The summed E-state index contributed by atoms with van der Waals surface area (Å²) in [6.45, 7) is -3.18. The molecule has 0 radical (unpaired) electrons. The van der Waals surface area contributed by atoms with Crippen LogP contribution in [0.15, 0.2) is 30.3 Å².